The highest BCUT2D eigenvalue weighted by Gasteiger charge is 2.01. The Morgan fingerprint density at radius 2 is 2.21 bits per heavy atom. The molecule has 19 heavy (non-hydrogen) atoms. The highest BCUT2D eigenvalue weighted by molar-refractivity contribution is 9.10. The van der Waals surface area contributed by atoms with Crippen LogP contribution in [0.5, 0.6) is 0 Å². The standard InChI is InChI=1S/C13H13BrN4S/c1-9-11(14)4-5-12(17-9)18-13(19)16-8-10-3-2-6-15-7-10/h2-7H,8H2,1H3,(H2,16,17,18,19). The molecule has 98 valence electrons. The van der Waals surface area contributed by atoms with Crippen LogP contribution in [0.15, 0.2) is 41.1 Å². The molecule has 2 N–H and O–H groups in total. The fourth-order valence-corrected chi connectivity index (χ4v) is 1.86. The van der Waals surface area contributed by atoms with Crippen molar-refractivity contribution in [2.75, 3.05) is 5.32 Å². The van der Waals surface area contributed by atoms with E-state index in [1.807, 2.05) is 31.2 Å². The topological polar surface area (TPSA) is 49.8 Å². The molecule has 2 aromatic rings. The molecule has 0 saturated carbocycles. The average molecular weight is 337 g/mol. The highest BCUT2D eigenvalue weighted by atomic mass is 79.9. The Balaban J connectivity index is 1.89. The second-order valence-corrected chi connectivity index (χ2v) is 5.20. The summed E-state index contributed by atoms with van der Waals surface area (Å²) in [6, 6.07) is 7.70. The van der Waals surface area contributed by atoms with Crippen LogP contribution in [-0.4, -0.2) is 15.1 Å². The van der Waals surface area contributed by atoms with E-state index in [4.69, 9.17) is 12.2 Å². The Morgan fingerprint density at radius 3 is 2.89 bits per heavy atom. The highest BCUT2D eigenvalue weighted by Crippen LogP contribution is 2.15. The van der Waals surface area contributed by atoms with Gasteiger partial charge < -0.3 is 10.6 Å². The van der Waals surface area contributed by atoms with E-state index in [9.17, 15) is 0 Å². The number of hydrogen-bond acceptors (Lipinski definition) is 3. The van der Waals surface area contributed by atoms with E-state index in [2.05, 4.69) is 36.5 Å². The number of halogens is 1. The van der Waals surface area contributed by atoms with Crippen LogP contribution in [0.1, 0.15) is 11.3 Å². The number of anilines is 1. The second-order valence-electron chi connectivity index (χ2n) is 3.93. The van der Waals surface area contributed by atoms with Crippen molar-refractivity contribution in [3.05, 3.63) is 52.4 Å². The number of nitrogens with one attached hydrogen (secondary N) is 2. The Kier molecular flexibility index (Phi) is 4.81. The Morgan fingerprint density at radius 1 is 1.37 bits per heavy atom. The molecule has 0 aliphatic heterocycles. The summed E-state index contributed by atoms with van der Waals surface area (Å²) >= 11 is 8.63. The summed E-state index contributed by atoms with van der Waals surface area (Å²) in [6.45, 7) is 2.57. The average Bonchev–Trinajstić information content (AvgIpc) is 2.42. The number of thiocarbonyl (C=S) groups is 1. The predicted molar refractivity (Wildman–Crippen MR) is 84.0 cm³/mol. The molecule has 2 aromatic heterocycles. The Hall–Kier alpha value is -1.53. The molecule has 0 bridgehead atoms. The lowest BCUT2D eigenvalue weighted by atomic mass is 10.3. The summed E-state index contributed by atoms with van der Waals surface area (Å²) in [6.07, 6.45) is 3.55. The predicted octanol–water partition coefficient (Wildman–Crippen LogP) is 3.03. The number of aryl methyl sites for hydroxylation is 1. The zero-order valence-corrected chi connectivity index (χ0v) is 12.8. The van der Waals surface area contributed by atoms with Gasteiger partial charge in [0.15, 0.2) is 5.11 Å². The van der Waals surface area contributed by atoms with Crippen molar-refractivity contribution in [2.45, 2.75) is 13.5 Å². The van der Waals surface area contributed by atoms with E-state index in [1.165, 1.54) is 0 Å². The van der Waals surface area contributed by atoms with Gasteiger partial charge in [0.25, 0.3) is 0 Å². The Bertz CT molecular complexity index is 574. The van der Waals surface area contributed by atoms with Gasteiger partial charge >= 0.3 is 0 Å². The molecule has 0 saturated heterocycles. The quantitative estimate of drug-likeness (QED) is 0.843. The summed E-state index contributed by atoms with van der Waals surface area (Å²) in [5.41, 5.74) is 1.99. The van der Waals surface area contributed by atoms with E-state index < -0.39 is 0 Å². The van der Waals surface area contributed by atoms with Crippen LogP contribution in [-0.2, 0) is 6.54 Å². The summed E-state index contributed by atoms with van der Waals surface area (Å²) in [5, 5.41) is 6.70. The minimum absolute atomic E-state index is 0.540. The molecule has 0 atom stereocenters. The molecule has 2 heterocycles. The lowest BCUT2D eigenvalue weighted by molar-refractivity contribution is 0.915. The van der Waals surface area contributed by atoms with Crippen LogP contribution >= 0.6 is 28.1 Å². The zero-order valence-electron chi connectivity index (χ0n) is 10.4. The molecule has 0 fully saturated rings. The van der Waals surface area contributed by atoms with Crippen molar-refractivity contribution in [1.82, 2.24) is 15.3 Å². The van der Waals surface area contributed by atoms with E-state index in [0.717, 1.165) is 21.5 Å². The molecule has 0 aromatic carbocycles. The number of aromatic nitrogens is 2. The number of pyridine rings is 2. The van der Waals surface area contributed by atoms with Gasteiger partial charge in [0.05, 0.1) is 5.69 Å². The van der Waals surface area contributed by atoms with Crippen LogP contribution in [0.4, 0.5) is 5.82 Å². The molecular weight excluding hydrogens is 324 g/mol. The molecule has 0 amide bonds. The first-order valence-electron chi connectivity index (χ1n) is 5.72. The first kappa shape index (κ1) is 13.9. The molecule has 0 aliphatic carbocycles. The van der Waals surface area contributed by atoms with Crippen LogP contribution in [0.25, 0.3) is 0 Å². The van der Waals surface area contributed by atoms with Crippen molar-refractivity contribution in [3.8, 4) is 0 Å². The van der Waals surface area contributed by atoms with Gasteiger partial charge in [-0.3, -0.25) is 4.98 Å². The maximum absolute atomic E-state index is 5.22. The van der Waals surface area contributed by atoms with Crippen molar-refractivity contribution in [1.29, 1.82) is 0 Å². The first-order chi connectivity index (χ1) is 9.15. The van der Waals surface area contributed by atoms with Gasteiger partial charge in [0, 0.05) is 23.4 Å². The lowest BCUT2D eigenvalue weighted by Gasteiger charge is -2.10. The SMILES string of the molecule is Cc1nc(NC(=S)NCc2cccnc2)ccc1Br. The Labute approximate surface area is 125 Å². The van der Waals surface area contributed by atoms with Crippen molar-refractivity contribution >= 4 is 39.1 Å². The first-order valence-corrected chi connectivity index (χ1v) is 6.92. The molecular formula is C13H13BrN4S. The minimum Gasteiger partial charge on any atom is -0.358 e. The van der Waals surface area contributed by atoms with Crippen LogP contribution in [0, 0.1) is 6.92 Å². The van der Waals surface area contributed by atoms with Crippen LogP contribution in [0.3, 0.4) is 0 Å². The van der Waals surface area contributed by atoms with E-state index >= 15 is 0 Å². The number of hydrogen-bond donors (Lipinski definition) is 2. The number of rotatable bonds is 3. The maximum atomic E-state index is 5.22. The van der Waals surface area contributed by atoms with Crippen LogP contribution in [0.2, 0.25) is 0 Å². The summed E-state index contributed by atoms with van der Waals surface area (Å²) in [7, 11) is 0. The van der Waals surface area contributed by atoms with Gasteiger partial charge in [0.1, 0.15) is 5.82 Å². The molecule has 2 rings (SSSR count). The maximum Gasteiger partial charge on any atom is 0.172 e. The monoisotopic (exact) mass is 336 g/mol. The molecule has 0 aliphatic rings. The second kappa shape index (κ2) is 6.58. The minimum atomic E-state index is 0.540. The van der Waals surface area contributed by atoms with Gasteiger partial charge in [-0.2, -0.15) is 0 Å². The fraction of sp³-hybridized carbons (Fsp3) is 0.154. The van der Waals surface area contributed by atoms with Crippen molar-refractivity contribution < 1.29 is 0 Å². The van der Waals surface area contributed by atoms with Crippen molar-refractivity contribution in [2.24, 2.45) is 0 Å². The fourth-order valence-electron chi connectivity index (χ4n) is 1.46. The van der Waals surface area contributed by atoms with Crippen molar-refractivity contribution in [3.63, 3.8) is 0 Å². The van der Waals surface area contributed by atoms with Gasteiger partial charge in [0.2, 0.25) is 0 Å². The molecule has 0 spiro atoms. The summed E-state index contributed by atoms with van der Waals surface area (Å²) in [5.74, 6) is 0.726. The third kappa shape index (κ3) is 4.25. The summed E-state index contributed by atoms with van der Waals surface area (Å²) in [4.78, 5) is 8.42. The van der Waals surface area contributed by atoms with Gasteiger partial charge in [-0.1, -0.05) is 6.07 Å². The van der Waals surface area contributed by atoms with E-state index in [-0.39, 0.29) is 0 Å². The smallest absolute Gasteiger partial charge is 0.172 e. The summed E-state index contributed by atoms with van der Waals surface area (Å²) < 4.78 is 0.979. The van der Waals surface area contributed by atoms with Gasteiger partial charge in [-0.15, -0.1) is 0 Å². The largest absolute Gasteiger partial charge is 0.358 e. The molecule has 6 heteroatoms. The van der Waals surface area contributed by atoms with E-state index in [1.54, 1.807) is 12.4 Å². The normalized spacial score (nSPS) is 10.0. The molecule has 0 radical (unpaired) electrons. The third-order valence-electron chi connectivity index (χ3n) is 2.44. The van der Waals surface area contributed by atoms with E-state index in [0.29, 0.717) is 11.7 Å². The zero-order chi connectivity index (χ0) is 13.7. The molecule has 4 nitrogen and oxygen atoms in total. The third-order valence-corrected chi connectivity index (χ3v) is 3.52. The van der Waals surface area contributed by atoms with Gasteiger partial charge in [-0.05, 0) is 58.8 Å². The molecule has 0 unspecified atom stereocenters. The van der Waals surface area contributed by atoms with Gasteiger partial charge in [-0.25, -0.2) is 4.98 Å². The lowest BCUT2D eigenvalue weighted by Crippen LogP contribution is -2.28. The number of nitrogens with zero attached hydrogens (tertiary/aromatic N) is 2. The van der Waals surface area contributed by atoms with Crippen LogP contribution < -0.4 is 10.6 Å².